The van der Waals surface area contributed by atoms with E-state index in [-0.39, 0.29) is 28.2 Å². The Kier molecular flexibility index (Phi) is 6.52. The van der Waals surface area contributed by atoms with E-state index < -0.39 is 9.84 Å². The Hall–Kier alpha value is -3.56. The maximum atomic E-state index is 12.9. The summed E-state index contributed by atoms with van der Waals surface area (Å²) in [6.45, 7) is 2.58. The zero-order valence-corrected chi connectivity index (χ0v) is 19.4. The number of thiophene rings is 1. The number of rotatable bonds is 7. The first-order chi connectivity index (χ1) is 15.9. The lowest BCUT2D eigenvalue weighted by molar-refractivity contribution is 0.0947. The molecule has 0 unspecified atom stereocenters. The van der Waals surface area contributed by atoms with Crippen LogP contribution in [0.2, 0.25) is 0 Å². The van der Waals surface area contributed by atoms with Crippen LogP contribution in [-0.2, 0) is 16.4 Å². The van der Waals surface area contributed by atoms with E-state index in [2.05, 4.69) is 15.6 Å². The van der Waals surface area contributed by atoms with Crippen molar-refractivity contribution in [2.75, 3.05) is 6.54 Å². The summed E-state index contributed by atoms with van der Waals surface area (Å²) in [5, 5.41) is 6.50. The highest BCUT2D eigenvalue weighted by atomic mass is 32.2. The minimum Gasteiger partial charge on any atom is -0.352 e. The third-order valence-corrected chi connectivity index (χ3v) is 7.87. The molecule has 0 saturated heterocycles. The van der Waals surface area contributed by atoms with Crippen molar-refractivity contribution in [1.82, 2.24) is 15.6 Å². The second-order valence-electron chi connectivity index (χ2n) is 7.24. The number of benzene rings is 2. The molecule has 0 aliphatic carbocycles. The fraction of sp³-hybridized carbons (Fsp3) is 0.125. The molecule has 4 rings (SSSR count). The van der Waals surface area contributed by atoms with Gasteiger partial charge in [0.15, 0.2) is 0 Å². The highest BCUT2D eigenvalue weighted by Crippen LogP contribution is 2.25. The summed E-state index contributed by atoms with van der Waals surface area (Å²) in [5.41, 5.74) is 1.17. The monoisotopic (exact) mass is 479 g/mol. The molecule has 9 heteroatoms. The van der Waals surface area contributed by atoms with Crippen molar-refractivity contribution in [2.24, 2.45) is 0 Å². The second-order valence-corrected chi connectivity index (χ2v) is 10.3. The van der Waals surface area contributed by atoms with E-state index in [1.165, 1.54) is 47.7 Å². The van der Waals surface area contributed by atoms with E-state index >= 15 is 0 Å². The van der Waals surface area contributed by atoms with E-state index in [9.17, 15) is 18.0 Å². The van der Waals surface area contributed by atoms with Crippen LogP contribution in [0.4, 0.5) is 0 Å². The zero-order valence-electron chi connectivity index (χ0n) is 17.7. The largest absolute Gasteiger partial charge is 0.352 e. The van der Waals surface area contributed by atoms with Gasteiger partial charge in [-0.05, 0) is 66.4 Å². The van der Waals surface area contributed by atoms with Gasteiger partial charge < -0.3 is 10.6 Å². The number of carbonyl (C=O) groups excluding carboxylic acids is 2. The molecule has 0 atom stereocenters. The van der Waals surface area contributed by atoms with Gasteiger partial charge in [-0.15, -0.1) is 11.3 Å². The van der Waals surface area contributed by atoms with E-state index in [1.54, 1.807) is 24.5 Å². The average Bonchev–Trinajstić information content (AvgIpc) is 3.27. The molecule has 0 saturated carbocycles. The van der Waals surface area contributed by atoms with E-state index in [4.69, 9.17) is 0 Å². The van der Waals surface area contributed by atoms with Gasteiger partial charge in [0, 0.05) is 31.0 Å². The molecule has 0 spiro atoms. The summed E-state index contributed by atoms with van der Waals surface area (Å²) in [6, 6.07) is 15.9. The minimum atomic E-state index is -3.72. The van der Waals surface area contributed by atoms with Crippen molar-refractivity contribution in [3.63, 3.8) is 0 Å². The number of nitrogens with zero attached hydrogens (tertiary/aromatic N) is 1. The Morgan fingerprint density at radius 3 is 2.21 bits per heavy atom. The Morgan fingerprint density at radius 1 is 0.909 bits per heavy atom. The molecular weight excluding hydrogens is 458 g/mol. The molecule has 2 heterocycles. The summed E-state index contributed by atoms with van der Waals surface area (Å²) in [4.78, 5) is 29.2. The predicted molar refractivity (Wildman–Crippen MR) is 127 cm³/mol. The minimum absolute atomic E-state index is 0.107. The molecule has 2 aromatic carbocycles. The Labute approximate surface area is 195 Å². The Morgan fingerprint density at radius 2 is 1.58 bits per heavy atom. The number of nitrogens with one attached hydrogen (secondary N) is 2. The third-order valence-electron chi connectivity index (χ3n) is 5.00. The first kappa shape index (κ1) is 22.6. The molecule has 0 aliphatic rings. The number of hydrogen-bond acceptors (Lipinski definition) is 6. The van der Waals surface area contributed by atoms with Crippen molar-refractivity contribution in [3.05, 3.63) is 89.1 Å². The quantitative estimate of drug-likeness (QED) is 0.419. The van der Waals surface area contributed by atoms with Crippen LogP contribution in [0.5, 0.6) is 0 Å². The van der Waals surface area contributed by atoms with Gasteiger partial charge in [-0.2, -0.15) is 0 Å². The van der Waals surface area contributed by atoms with Gasteiger partial charge in [-0.1, -0.05) is 12.1 Å². The van der Waals surface area contributed by atoms with Gasteiger partial charge in [-0.25, -0.2) is 8.42 Å². The first-order valence-corrected chi connectivity index (χ1v) is 12.5. The average molecular weight is 480 g/mol. The summed E-state index contributed by atoms with van der Waals surface area (Å²) in [5.74, 6) is -0.444. The number of hydrogen-bond donors (Lipinski definition) is 2. The van der Waals surface area contributed by atoms with E-state index in [0.29, 0.717) is 17.0 Å². The predicted octanol–water partition coefficient (Wildman–Crippen LogP) is 3.81. The number of carbonyl (C=O) groups is 2. The highest BCUT2D eigenvalue weighted by Gasteiger charge is 2.18. The van der Waals surface area contributed by atoms with Crippen molar-refractivity contribution in [1.29, 1.82) is 0 Å². The summed E-state index contributed by atoms with van der Waals surface area (Å²) in [6.07, 6.45) is 3.41. The van der Waals surface area contributed by atoms with Crippen molar-refractivity contribution in [3.8, 4) is 0 Å². The molecule has 168 valence electrons. The maximum Gasteiger partial charge on any atom is 0.261 e. The fourth-order valence-electron chi connectivity index (χ4n) is 3.24. The molecule has 0 bridgehead atoms. The molecule has 2 aromatic heterocycles. The third kappa shape index (κ3) is 4.94. The molecule has 2 amide bonds. The van der Waals surface area contributed by atoms with E-state index in [0.717, 1.165) is 15.6 Å². The topological polar surface area (TPSA) is 105 Å². The molecule has 0 radical (unpaired) electrons. The van der Waals surface area contributed by atoms with Gasteiger partial charge in [-0.3, -0.25) is 14.6 Å². The number of aromatic nitrogens is 1. The van der Waals surface area contributed by atoms with Gasteiger partial charge in [0.1, 0.15) is 0 Å². The Bertz CT molecular complexity index is 1380. The van der Waals surface area contributed by atoms with Crippen molar-refractivity contribution >= 4 is 43.1 Å². The summed E-state index contributed by atoms with van der Waals surface area (Å²) in [7, 11) is -3.72. The molecule has 0 fully saturated rings. The number of sulfone groups is 1. The number of amides is 2. The molecule has 0 aliphatic heterocycles. The van der Waals surface area contributed by atoms with Crippen LogP contribution in [0.1, 0.15) is 32.5 Å². The zero-order chi connectivity index (χ0) is 23.4. The fourth-order valence-corrected chi connectivity index (χ4v) is 5.44. The van der Waals surface area contributed by atoms with Crippen LogP contribution in [-0.4, -0.2) is 31.8 Å². The Balaban J connectivity index is 1.42. The lowest BCUT2D eigenvalue weighted by Gasteiger charge is -2.08. The number of fused-ring (bicyclic) bond motifs is 1. The molecule has 33 heavy (non-hydrogen) atoms. The summed E-state index contributed by atoms with van der Waals surface area (Å²) >= 11 is 1.37. The number of pyridine rings is 1. The van der Waals surface area contributed by atoms with Crippen LogP contribution >= 0.6 is 11.3 Å². The second kappa shape index (κ2) is 9.51. The lowest BCUT2D eigenvalue weighted by Crippen LogP contribution is -2.22. The molecule has 7 nitrogen and oxygen atoms in total. The smallest absolute Gasteiger partial charge is 0.261 e. The normalized spacial score (nSPS) is 11.3. The lowest BCUT2D eigenvalue weighted by atomic mass is 10.2. The van der Waals surface area contributed by atoms with Crippen LogP contribution in [0.25, 0.3) is 10.1 Å². The van der Waals surface area contributed by atoms with Crippen LogP contribution in [0.15, 0.2) is 82.8 Å². The van der Waals surface area contributed by atoms with Crippen LogP contribution in [0, 0.1) is 0 Å². The van der Waals surface area contributed by atoms with Gasteiger partial charge in [0.25, 0.3) is 11.8 Å². The van der Waals surface area contributed by atoms with Crippen molar-refractivity contribution in [2.45, 2.75) is 23.3 Å². The van der Waals surface area contributed by atoms with Crippen molar-refractivity contribution < 1.29 is 18.0 Å². The van der Waals surface area contributed by atoms with Crippen LogP contribution in [0.3, 0.4) is 0 Å². The van der Waals surface area contributed by atoms with Gasteiger partial charge >= 0.3 is 0 Å². The maximum absolute atomic E-state index is 12.9. The van der Waals surface area contributed by atoms with E-state index in [1.807, 2.05) is 19.1 Å². The first-order valence-electron chi connectivity index (χ1n) is 10.2. The highest BCUT2D eigenvalue weighted by molar-refractivity contribution is 7.91. The van der Waals surface area contributed by atoms with Gasteiger partial charge in [0.2, 0.25) is 9.84 Å². The SMILES string of the molecule is CCNC(=O)c1ccc(S(=O)(=O)c2ccc(CNC(=O)c3cc4ccncc4s3)cc2)cc1. The summed E-state index contributed by atoms with van der Waals surface area (Å²) < 4.78 is 26.8. The standard InChI is InChI=1S/C24H21N3O4S2/c1-2-26-23(28)17-5-9-20(10-6-17)33(30,31)19-7-3-16(4-8-19)14-27-24(29)21-13-18-11-12-25-15-22(18)32-21/h3-13,15H,2,14H2,1H3,(H,26,28)(H,27,29). The molecule has 4 aromatic rings. The molecular formula is C24H21N3O4S2. The molecule has 2 N–H and O–H groups in total. The van der Waals surface area contributed by atoms with Crippen LogP contribution < -0.4 is 10.6 Å². The van der Waals surface area contributed by atoms with Gasteiger partial charge in [0.05, 0.1) is 19.4 Å².